The molecule has 0 aliphatic heterocycles. The minimum Gasteiger partial charge on any atom is -0.348 e. The van der Waals surface area contributed by atoms with E-state index >= 15 is 0 Å². The molecule has 1 N–H and O–H groups in total. The summed E-state index contributed by atoms with van der Waals surface area (Å²) in [7, 11) is 0. The van der Waals surface area contributed by atoms with E-state index in [-0.39, 0.29) is 24.4 Å². The van der Waals surface area contributed by atoms with Gasteiger partial charge in [0, 0.05) is 6.92 Å². The van der Waals surface area contributed by atoms with Crippen LogP contribution >= 0.6 is 0 Å². The van der Waals surface area contributed by atoms with Gasteiger partial charge in [0.1, 0.15) is 6.54 Å². The molecule has 138 valence electrons. The van der Waals surface area contributed by atoms with Crippen molar-refractivity contribution >= 4 is 17.5 Å². The Morgan fingerprint density at radius 1 is 0.962 bits per heavy atom. The van der Waals surface area contributed by atoms with Gasteiger partial charge in [-0.3, -0.25) is 9.59 Å². The highest BCUT2D eigenvalue weighted by molar-refractivity contribution is 5.98. The molecule has 0 radical (unpaired) electrons. The lowest BCUT2D eigenvalue weighted by Crippen LogP contribution is -2.41. The molecule has 0 saturated heterocycles. The summed E-state index contributed by atoms with van der Waals surface area (Å²) in [6.45, 7) is 7.61. The highest BCUT2D eigenvalue weighted by Crippen LogP contribution is 2.27. The van der Waals surface area contributed by atoms with Crippen LogP contribution < -0.4 is 10.2 Å². The molecular weight excluding hydrogens is 324 g/mol. The molecule has 0 heterocycles. The van der Waals surface area contributed by atoms with Crippen LogP contribution in [0.4, 0.5) is 5.69 Å². The second-order valence-electron chi connectivity index (χ2n) is 6.44. The Hall–Kier alpha value is -2.62. The van der Waals surface area contributed by atoms with Gasteiger partial charge in [-0.15, -0.1) is 0 Å². The van der Waals surface area contributed by atoms with E-state index in [0.717, 1.165) is 35.2 Å². The summed E-state index contributed by atoms with van der Waals surface area (Å²) in [5, 5.41) is 2.99. The van der Waals surface area contributed by atoms with Crippen LogP contribution in [0.25, 0.3) is 0 Å². The zero-order chi connectivity index (χ0) is 19.1. The number of hydrogen-bond donors (Lipinski definition) is 1. The summed E-state index contributed by atoms with van der Waals surface area (Å²) in [6, 6.07) is 15.8. The molecule has 2 amide bonds. The average Bonchev–Trinajstić information content (AvgIpc) is 2.65. The number of amides is 2. The molecular formula is C22H28N2O2. The van der Waals surface area contributed by atoms with Crippen molar-refractivity contribution in [2.45, 2.75) is 46.6 Å². The van der Waals surface area contributed by atoms with Gasteiger partial charge in [-0.25, -0.2) is 0 Å². The number of aryl methyl sites for hydroxylation is 2. The Kier molecular flexibility index (Phi) is 6.96. The quantitative estimate of drug-likeness (QED) is 0.817. The van der Waals surface area contributed by atoms with Gasteiger partial charge in [0.15, 0.2) is 0 Å². The Labute approximate surface area is 156 Å². The van der Waals surface area contributed by atoms with Crippen LogP contribution in [0.2, 0.25) is 0 Å². The molecule has 26 heavy (non-hydrogen) atoms. The number of benzene rings is 2. The Bertz CT molecular complexity index is 734. The second-order valence-corrected chi connectivity index (χ2v) is 6.44. The first-order valence-electron chi connectivity index (χ1n) is 9.21. The lowest BCUT2D eigenvalue weighted by atomic mass is 10.0. The molecule has 1 unspecified atom stereocenters. The van der Waals surface area contributed by atoms with Gasteiger partial charge >= 0.3 is 0 Å². The predicted molar refractivity (Wildman–Crippen MR) is 106 cm³/mol. The van der Waals surface area contributed by atoms with E-state index in [1.807, 2.05) is 55.5 Å². The topological polar surface area (TPSA) is 49.4 Å². The van der Waals surface area contributed by atoms with Crippen LogP contribution in [0.3, 0.4) is 0 Å². The third kappa shape index (κ3) is 4.72. The van der Waals surface area contributed by atoms with Crippen molar-refractivity contribution in [3.63, 3.8) is 0 Å². The number of nitrogens with zero attached hydrogens (tertiary/aromatic N) is 1. The monoisotopic (exact) mass is 352 g/mol. The average molecular weight is 352 g/mol. The molecule has 2 aromatic rings. The van der Waals surface area contributed by atoms with Gasteiger partial charge in [0.25, 0.3) is 0 Å². The molecule has 1 atom stereocenters. The van der Waals surface area contributed by atoms with Crippen molar-refractivity contribution in [2.75, 3.05) is 11.4 Å². The van der Waals surface area contributed by atoms with Crippen molar-refractivity contribution in [3.05, 3.63) is 65.2 Å². The summed E-state index contributed by atoms with van der Waals surface area (Å²) in [4.78, 5) is 26.5. The maximum absolute atomic E-state index is 12.6. The number of carbonyl (C=O) groups is 2. The predicted octanol–water partition coefficient (Wildman–Crippen LogP) is 4.04. The van der Waals surface area contributed by atoms with E-state index in [4.69, 9.17) is 0 Å². The lowest BCUT2D eigenvalue weighted by Gasteiger charge is -2.26. The van der Waals surface area contributed by atoms with E-state index in [2.05, 4.69) is 19.2 Å². The fourth-order valence-corrected chi connectivity index (χ4v) is 3.17. The first kappa shape index (κ1) is 19.7. The van der Waals surface area contributed by atoms with Crippen molar-refractivity contribution in [1.82, 2.24) is 5.32 Å². The number of nitrogens with one attached hydrogen (secondary N) is 1. The van der Waals surface area contributed by atoms with Gasteiger partial charge in [-0.2, -0.15) is 0 Å². The van der Waals surface area contributed by atoms with Crippen LogP contribution in [0, 0.1) is 0 Å². The highest BCUT2D eigenvalue weighted by atomic mass is 16.2. The molecule has 2 aromatic carbocycles. The fourth-order valence-electron chi connectivity index (χ4n) is 3.17. The molecule has 4 nitrogen and oxygen atoms in total. The van der Waals surface area contributed by atoms with Gasteiger partial charge in [-0.1, -0.05) is 62.4 Å². The lowest BCUT2D eigenvalue weighted by molar-refractivity contribution is -0.123. The summed E-state index contributed by atoms with van der Waals surface area (Å²) in [5.41, 5.74) is 4.10. The van der Waals surface area contributed by atoms with Crippen LogP contribution in [0.15, 0.2) is 48.5 Å². The zero-order valence-corrected chi connectivity index (χ0v) is 16.1. The standard InChI is InChI=1S/C22H28N2O2/c1-5-18-13-10-14-19(6-2)22(18)24(17(4)25)15-21(26)23-16(3)20-11-8-7-9-12-20/h7-14,16H,5-6,15H2,1-4H3,(H,23,26). The fraction of sp³-hybridized carbons (Fsp3) is 0.364. The van der Waals surface area contributed by atoms with E-state index in [0.29, 0.717) is 0 Å². The largest absolute Gasteiger partial charge is 0.348 e. The van der Waals surface area contributed by atoms with Crippen LogP contribution in [-0.2, 0) is 22.4 Å². The third-order valence-electron chi connectivity index (χ3n) is 4.59. The maximum atomic E-state index is 12.6. The smallest absolute Gasteiger partial charge is 0.240 e. The van der Waals surface area contributed by atoms with E-state index < -0.39 is 0 Å². The maximum Gasteiger partial charge on any atom is 0.240 e. The number of hydrogen-bond acceptors (Lipinski definition) is 2. The number of anilines is 1. The minimum absolute atomic E-state index is 0.0243. The van der Waals surface area contributed by atoms with E-state index in [1.165, 1.54) is 6.92 Å². The van der Waals surface area contributed by atoms with Gasteiger partial charge in [-0.05, 0) is 36.5 Å². The summed E-state index contributed by atoms with van der Waals surface area (Å²) >= 11 is 0. The van der Waals surface area contributed by atoms with Crippen LogP contribution in [0.1, 0.15) is 50.4 Å². The number of rotatable bonds is 7. The molecule has 4 heteroatoms. The molecule has 0 bridgehead atoms. The van der Waals surface area contributed by atoms with Gasteiger partial charge in [0.05, 0.1) is 11.7 Å². The second kappa shape index (κ2) is 9.18. The van der Waals surface area contributed by atoms with Crippen molar-refractivity contribution in [2.24, 2.45) is 0 Å². The normalized spacial score (nSPS) is 11.7. The number of carbonyl (C=O) groups excluding carboxylic acids is 2. The SMILES string of the molecule is CCc1cccc(CC)c1N(CC(=O)NC(C)c1ccccc1)C(C)=O. The zero-order valence-electron chi connectivity index (χ0n) is 16.1. The Morgan fingerprint density at radius 2 is 1.54 bits per heavy atom. The van der Waals surface area contributed by atoms with Crippen LogP contribution in [-0.4, -0.2) is 18.4 Å². The first-order chi connectivity index (χ1) is 12.5. The molecule has 0 fully saturated rings. The van der Waals surface area contributed by atoms with Crippen LogP contribution in [0.5, 0.6) is 0 Å². The van der Waals surface area contributed by atoms with Gasteiger partial charge < -0.3 is 10.2 Å². The minimum atomic E-state index is -0.162. The number of para-hydroxylation sites is 1. The molecule has 2 rings (SSSR count). The molecule has 0 aliphatic carbocycles. The Balaban J connectivity index is 2.21. The van der Waals surface area contributed by atoms with Crippen molar-refractivity contribution in [1.29, 1.82) is 0 Å². The molecule has 0 aliphatic rings. The van der Waals surface area contributed by atoms with Crippen molar-refractivity contribution in [3.8, 4) is 0 Å². The van der Waals surface area contributed by atoms with Gasteiger partial charge in [0.2, 0.25) is 11.8 Å². The van der Waals surface area contributed by atoms with E-state index in [9.17, 15) is 9.59 Å². The summed E-state index contributed by atoms with van der Waals surface area (Å²) in [6.07, 6.45) is 1.63. The molecule has 0 spiro atoms. The van der Waals surface area contributed by atoms with Crippen molar-refractivity contribution < 1.29 is 9.59 Å². The third-order valence-corrected chi connectivity index (χ3v) is 4.59. The Morgan fingerprint density at radius 3 is 2.04 bits per heavy atom. The van der Waals surface area contributed by atoms with E-state index in [1.54, 1.807) is 4.90 Å². The molecule has 0 saturated carbocycles. The highest BCUT2D eigenvalue weighted by Gasteiger charge is 2.21. The summed E-state index contributed by atoms with van der Waals surface area (Å²) < 4.78 is 0. The molecule has 0 aromatic heterocycles. The summed E-state index contributed by atoms with van der Waals surface area (Å²) in [5.74, 6) is -0.285. The first-order valence-corrected chi connectivity index (χ1v) is 9.21.